The fraction of sp³-hybridized carbons (Fsp3) is 0.200. The van der Waals surface area contributed by atoms with Crippen molar-refractivity contribution in [2.75, 3.05) is 6.54 Å². The minimum absolute atomic E-state index is 0.354. The zero-order valence-corrected chi connectivity index (χ0v) is 19.6. The summed E-state index contributed by atoms with van der Waals surface area (Å²) >= 11 is 13.9. The van der Waals surface area contributed by atoms with Gasteiger partial charge in [-0.15, -0.1) is 11.3 Å². The van der Waals surface area contributed by atoms with Gasteiger partial charge in [0.05, 0.1) is 38.9 Å². The van der Waals surface area contributed by atoms with E-state index in [9.17, 15) is 22.4 Å². The SMILES string of the molecule is O=C(NC/C(F)=C1\CCc2cnn(-c3ccc(C(F)(F)F)cc3)c21)NSc1cc(Cl)c(Cl)s1. The number of thiophene rings is 1. The van der Waals surface area contributed by atoms with E-state index in [4.69, 9.17) is 23.2 Å². The number of benzene rings is 1. The third-order valence-electron chi connectivity index (χ3n) is 4.81. The first kappa shape index (κ1) is 23.9. The molecule has 3 aromatic rings. The molecule has 0 radical (unpaired) electrons. The molecule has 1 aliphatic rings. The molecule has 0 aliphatic heterocycles. The number of aryl methyl sites for hydroxylation is 1. The molecule has 5 nitrogen and oxygen atoms in total. The normalized spacial score (nSPS) is 14.8. The number of amides is 2. The molecule has 2 amide bonds. The fourth-order valence-corrected chi connectivity index (χ4v) is 5.58. The summed E-state index contributed by atoms with van der Waals surface area (Å²) in [6.45, 7) is -0.356. The van der Waals surface area contributed by atoms with Crippen LogP contribution in [0.5, 0.6) is 0 Å². The first-order valence-corrected chi connectivity index (χ1v) is 11.8. The molecule has 33 heavy (non-hydrogen) atoms. The molecule has 0 spiro atoms. The average Bonchev–Trinajstić information content (AvgIpc) is 3.45. The van der Waals surface area contributed by atoms with E-state index in [1.807, 2.05) is 0 Å². The molecule has 0 bridgehead atoms. The minimum atomic E-state index is -4.45. The molecule has 13 heteroatoms. The predicted octanol–water partition coefficient (Wildman–Crippen LogP) is 6.89. The Hall–Kier alpha value is -2.21. The van der Waals surface area contributed by atoms with Crippen molar-refractivity contribution >= 4 is 58.1 Å². The Labute approximate surface area is 203 Å². The van der Waals surface area contributed by atoms with Crippen LogP contribution >= 0.6 is 46.5 Å². The number of rotatable bonds is 5. The van der Waals surface area contributed by atoms with Crippen molar-refractivity contribution < 1.29 is 22.4 Å². The predicted molar refractivity (Wildman–Crippen MR) is 122 cm³/mol. The summed E-state index contributed by atoms with van der Waals surface area (Å²) in [4.78, 5) is 12.0. The van der Waals surface area contributed by atoms with Gasteiger partial charge >= 0.3 is 12.2 Å². The molecule has 0 saturated heterocycles. The van der Waals surface area contributed by atoms with Crippen LogP contribution in [0.4, 0.5) is 22.4 Å². The van der Waals surface area contributed by atoms with Crippen LogP contribution in [0.15, 0.2) is 46.6 Å². The standard InChI is InChI=1S/C20H14Cl2F4N4OS2/c21-14-7-16(32-18(14)22)33-29-19(31)27-9-15(23)13-6-1-10-8-28-30(17(10)13)12-4-2-11(3-5-12)20(24,25)26/h2-5,7-8H,1,6,9H2,(H2,27,29,31)/b15-13-. The number of carbonyl (C=O) groups is 1. The van der Waals surface area contributed by atoms with Crippen LogP contribution in [0.3, 0.4) is 0 Å². The van der Waals surface area contributed by atoms with E-state index in [1.54, 1.807) is 12.3 Å². The Morgan fingerprint density at radius 1 is 1.21 bits per heavy atom. The van der Waals surface area contributed by atoms with Crippen molar-refractivity contribution in [3.63, 3.8) is 0 Å². The summed E-state index contributed by atoms with van der Waals surface area (Å²) in [5.74, 6) is -0.551. The number of allylic oxidation sites excluding steroid dienone is 1. The van der Waals surface area contributed by atoms with E-state index in [-0.39, 0.29) is 6.54 Å². The molecule has 0 saturated carbocycles. The Kier molecular flexibility index (Phi) is 6.94. The van der Waals surface area contributed by atoms with E-state index >= 15 is 0 Å². The lowest BCUT2D eigenvalue weighted by Crippen LogP contribution is -2.32. The maximum Gasteiger partial charge on any atom is 0.416 e. The molecule has 2 aromatic heterocycles. The second-order valence-electron chi connectivity index (χ2n) is 6.93. The molecule has 1 aliphatic carbocycles. The second-order valence-corrected chi connectivity index (χ2v) is 10.1. The Morgan fingerprint density at radius 3 is 2.58 bits per heavy atom. The number of carbonyl (C=O) groups excluding carboxylic acids is 1. The zero-order valence-electron chi connectivity index (χ0n) is 16.5. The fourth-order valence-electron chi connectivity index (χ4n) is 3.29. The summed E-state index contributed by atoms with van der Waals surface area (Å²) in [7, 11) is 0. The molecular weight excluding hydrogens is 523 g/mol. The van der Waals surface area contributed by atoms with Gasteiger partial charge in [-0.05, 0) is 60.7 Å². The van der Waals surface area contributed by atoms with Gasteiger partial charge < -0.3 is 5.32 Å². The summed E-state index contributed by atoms with van der Waals surface area (Å²) in [6.07, 6.45) is -1.94. The topological polar surface area (TPSA) is 59.0 Å². The molecule has 1 aromatic carbocycles. The number of hydrogen-bond donors (Lipinski definition) is 2. The maximum absolute atomic E-state index is 15.0. The summed E-state index contributed by atoms with van der Waals surface area (Å²) in [5.41, 5.74) is 1.23. The van der Waals surface area contributed by atoms with Crippen molar-refractivity contribution in [1.82, 2.24) is 19.8 Å². The first-order valence-electron chi connectivity index (χ1n) is 9.41. The van der Waals surface area contributed by atoms with Gasteiger partial charge in [0.15, 0.2) is 0 Å². The molecule has 174 valence electrons. The van der Waals surface area contributed by atoms with Gasteiger partial charge in [0.25, 0.3) is 0 Å². The van der Waals surface area contributed by atoms with E-state index < -0.39 is 23.6 Å². The molecule has 0 fully saturated rings. The minimum Gasteiger partial charge on any atom is -0.331 e. The molecule has 2 heterocycles. The first-order chi connectivity index (χ1) is 15.6. The van der Waals surface area contributed by atoms with E-state index in [1.165, 1.54) is 28.2 Å². The van der Waals surface area contributed by atoms with Crippen LogP contribution < -0.4 is 10.0 Å². The van der Waals surface area contributed by atoms with Crippen LogP contribution in [0.25, 0.3) is 11.3 Å². The number of fused-ring (bicyclic) bond motifs is 1. The highest BCUT2D eigenvalue weighted by Crippen LogP contribution is 2.38. The quantitative estimate of drug-likeness (QED) is 0.275. The molecular formula is C20H14Cl2F4N4OS2. The second kappa shape index (κ2) is 9.57. The van der Waals surface area contributed by atoms with Crippen molar-refractivity contribution in [3.05, 3.63) is 68.5 Å². The summed E-state index contributed by atoms with van der Waals surface area (Å²) in [6, 6.07) is 5.48. The lowest BCUT2D eigenvalue weighted by Gasteiger charge is -2.11. The number of hydrogen-bond acceptors (Lipinski definition) is 4. The van der Waals surface area contributed by atoms with Gasteiger partial charge in [0.1, 0.15) is 10.2 Å². The van der Waals surface area contributed by atoms with Gasteiger partial charge in [-0.25, -0.2) is 13.9 Å². The van der Waals surface area contributed by atoms with Crippen LogP contribution in [0.2, 0.25) is 9.36 Å². The number of aromatic nitrogens is 2. The lowest BCUT2D eigenvalue weighted by atomic mass is 10.1. The van der Waals surface area contributed by atoms with Gasteiger partial charge in [0.2, 0.25) is 0 Å². The van der Waals surface area contributed by atoms with E-state index in [0.29, 0.717) is 43.4 Å². The maximum atomic E-state index is 15.0. The highest BCUT2D eigenvalue weighted by molar-refractivity contribution is 7.99. The van der Waals surface area contributed by atoms with Crippen molar-refractivity contribution in [2.24, 2.45) is 0 Å². The van der Waals surface area contributed by atoms with Gasteiger partial charge in [-0.2, -0.15) is 18.3 Å². The number of alkyl halides is 3. The van der Waals surface area contributed by atoms with Crippen LogP contribution in [-0.4, -0.2) is 22.4 Å². The smallest absolute Gasteiger partial charge is 0.331 e. The Morgan fingerprint density at radius 2 is 1.94 bits per heavy atom. The highest BCUT2D eigenvalue weighted by atomic mass is 35.5. The molecule has 0 unspecified atom stereocenters. The Balaban J connectivity index is 1.45. The number of urea groups is 1. The van der Waals surface area contributed by atoms with Crippen LogP contribution in [0, 0.1) is 0 Å². The van der Waals surface area contributed by atoms with Crippen molar-refractivity contribution in [1.29, 1.82) is 0 Å². The molecule has 2 N–H and O–H groups in total. The van der Waals surface area contributed by atoms with E-state index in [2.05, 4.69) is 15.1 Å². The zero-order chi connectivity index (χ0) is 23.8. The monoisotopic (exact) mass is 536 g/mol. The third-order valence-corrected chi connectivity index (χ3v) is 7.58. The van der Waals surface area contributed by atoms with Gasteiger partial charge in [0, 0.05) is 5.57 Å². The highest BCUT2D eigenvalue weighted by Gasteiger charge is 2.31. The van der Waals surface area contributed by atoms with Gasteiger partial charge in [-0.1, -0.05) is 23.2 Å². The number of nitrogens with one attached hydrogen (secondary N) is 2. The van der Waals surface area contributed by atoms with E-state index in [0.717, 1.165) is 29.6 Å². The number of nitrogens with zero attached hydrogens (tertiary/aromatic N) is 2. The van der Waals surface area contributed by atoms with Crippen LogP contribution in [-0.2, 0) is 12.6 Å². The van der Waals surface area contributed by atoms with Gasteiger partial charge in [-0.3, -0.25) is 4.72 Å². The van der Waals surface area contributed by atoms with Crippen molar-refractivity contribution in [2.45, 2.75) is 23.2 Å². The molecule has 4 rings (SSSR count). The van der Waals surface area contributed by atoms with Crippen LogP contribution in [0.1, 0.15) is 23.2 Å². The largest absolute Gasteiger partial charge is 0.416 e. The average molecular weight is 537 g/mol. The molecule has 0 atom stereocenters. The lowest BCUT2D eigenvalue weighted by molar-refractivity contribution is -0.137. The summed E-state index contributed by atoms with van der Waals surface area (Å²) < 4.78 is 58.5. The summed E-state index contributed by atoms with van der Waals surface area (Å²) in [5, 5.41) is 7.03. The number of halogens is 6. The third kappa shape index (κ3) is 5.32. The van der Waals surface area contributed by atoms with Crippen molar-refractivity contribution in [3.8, 4) is 5.69 Å². The Bertz CT molecular complexity index is 1200.